The van der Waals surface area contributed by atoms with Crippen LogP contribution in [0.15, 0.2) is 29.0 Å². The Morgan fingerprint density at radius 2 is 2.33 bits per heavy atom. The van der Waals surface area contributed by atoms with Gasteiger partial charge in [-0.15, -0.1) is 0 Å². The van der Waals surface area contributed by atoms with Crippen molar-refractivity contribution >= 4 is 17.0 Å². The van der Waals surface area contributed by atoms with Crippen molar-refractivity contribution < 1.29 is 9.21 Å². The van der Waals surface area contributed by atoms with Crippen LogP contribution in [-0.4, -0.2) is 43.0 Å². The highest BCUT2D eigenvalue weighted by atomic mass is 16.3. The Hall–Kier alpha value is -1.88. The predicted octanol–water partition coefficient (Wildman–Crippen LogP) is 1.05. The van der Waals surface area contributed by atoms with E-state index in [0.29, 0.717) is 13.1 Å². The Morgan fingerprint density at radius 1 is 1.50 bits per heavy atom. The molecule has 0 unspecified atom stereocenters. The van der Waals surface area contributed by atoms with E-state index in [4.69, 9.17) is 4.42 Å². The number of carbonyl (C=O) groups is 1. The Labute approximate surface area is 106 Å². The van der Waals surface area contributed by atoms with E-state index in [1.807, 2.05) is 25.2 Å². The average Bonchev–Trinajstić information content (AvgIpc) is 2.83. The lowest BCUT2D eigenvalue weighted by atomic mass is 10.1. The van der Waals surface area contributed by atoms with E-state index in [-0.39, 0.29) is 5.91 Å². The summed E-state index contributed by atoms with van der Waals surface area (Å²) in [7, 11) is 3.58. The number of carbonyl (C=O) groups excluding carboxylic acids is 1. The number of hydrogen-bond acceptors (Lipinski definition) is 4. The Balaban J connectivity index is 1.95. The highest BCUT2D eigenvalue weighted by Gasteiger charge is 2.07. The Morgan fingerprint density at radius 3 is 3.11 bits per heavy atom. The van der Waals surface area contributed by atoms with E-state index >= 15 is 0 Å². The smallest absolute Gasteiger partial charge is 0.236 e. The number of nitrogens with zero attached hydrogens (tertiary/aromatic N) is 2. The number of aromatic nitrogens is 1. The summed E-state index contributed by atoms with van der Waals surface area (Å²) in [6, 6.07) is 5.92. The summed E-state index contributed by atoms with van der Waals surface area (Å²) in [5, 5.41) is 2.85. The van der Waals surface area contributed by atoms with E-state index in [9.17, 15) is 4.79 Å². The maximum absolute atomic E-state index is 11.6. The van der Waals surface area contributed by atoms with Gasteiger partial charge in [-0.25, -0.2) is 4.98 Å². The van der Waals surface area contributed by atoms with Gasteiger partial charge in [0, 0.05) is 13.6 Å². The number of fused-ring (bicyclic) bond motifs is 1. The van der Waals surface area contributed by atoms with Gasteiger partial charge < -0.3 is 14.6 Å². The van der Waals surface area contributed by atoms with Gasteiger partial charge in [-0.2, -0.15) is 0 Å². The Bertz CT molecular complexity index is 536. The third kappa shape index (κ3) is 2.87. The molecule has 1 aromatic carbocycles. The molecule has 1 N–H and O–H groups in total. The van der Waals surface area contributed by atoms with Gasteiger partial charge in [-0.1, -0.05) is 6.07 Å². The first-order valence-corrected chi connectivity index (χ1v) is 5.91. The topological polar surface area (TPSA) is 58.4 Å². The van der Waals surface area contributed by atoms with Crippen molar-refractivity contribution in [3.8, 4) is 0 Å². The second-order valence-corrected chi connectivity index (χ2v) is 4.25. The number of likely N-dealkylation sites (N-methyl/N-ethyl adjacent to an activating group) is 2. The first-order valence-electron chi connectivity index (χ1n) is 5.91. The number of rotatable bonds is 5. The van der Waals surface area contributed by atoms with Crippen LogP contribution in [0.3, 0.4) is 0 Å². The molecule has 96 valence electrons. The number of amides is 1. The normalized spacial score (nSPS) is 10.8. The molecule has 18 heavy (non-hydrogen) atoms. The van der Waals surface area contributed by atoms with E-state index in [0.717, 1.165) is 23.1 Å². The van der Waals surface area contributed by atoms with Crippen LogP contribution in [-0.2, 0) is 11.2 Å². The molecule has 5 heteroatoms. The summed E-state index contributed by atoms with van der Waals surface area (Å²) in [5.41, 5.74) is 2.79. The molecule has 0 spiro atoms. The molecule has 0 radical (unpaired) electrons. The molecule has 1 amide bonds. The van der Waals surface area contributed by atoms with Gasteiger partial charge in [0.05, 0.1) is 6.54 Å². The maximum Gasteiger partial charge on any atom is 0.236 e. The van der Waals surface area contributed by atoms with Gasteiger partial charge in [0.1, 0.15) is 5.52 Å². The van der Waals surface area contributed by atoms with E-state index in [1.165, 1.54) is 6.39 Å². The number of hydrogen-bond donors (Lipinski definition) is 1. The van der Waals surface area contributed by atoms with Crippen molar-refractivity contribution in [3.05, 3.63) is 30.2 Å². The largest absolute Gasteiger partial charge is 0.443 e. The molecule has 0 fully saturated rings. The van der Waals surface area contributed by atoms with Crippen LogP contribution in [0.4, 0.5) is 0 Å². The second-order valence-electron chi connectivity index (χ2n) is 4.25. The minimum absolute atomic E-state index is 0.0956. The fraction of sp³-hybridized carbons (Fsp3) is 0.385. The molecule has 0 aliphatic carbocycles. The zero-order valence-corrected chi connectivity index (χ0v) is 10.6. The van der Waals surface area contributed by atoms with E-state index < -0.39 is 0 Å². The van der Waals surface area contributed by atoms with Crippen molar-refractivity contribution in [2.24, 2.45) is 0 Å². The third-order valence-corrected chi connectivity index (χ3v) is 2.89. The highest BCUT2D eigenvalue weighted by molar-refractivity contribution is 5.78. The minimum Gasteiger partial charge on any atom is -0.443 e. The molecular formula is C13H17N3O2. The van der Waals surface area contributed by atoms with Gasteiger partial charge in [0.2, 0.25) is 5.91 Å². The quantitative estimate of drug-likeness (QED) is 0.858. The van der Waals surface area contributed by atoms with Crippen LogP contribution in [0.1, 0.15) is 5.56 Å². The average molecular weight is 247 g/mol. The first-order chi connectivity index (χ1) is 8.70. The number of nitrogens with one attached hydrogen (secondary N) is 1. The van der Waals surface area contributed by atoms with Gasteiger partial charge in [-0.05, 0) is 31.2 Å². The molecule has 0 bridgehead atoms. The van der Waals surface area contributed by atoms with Crippen molar-refractivity contribution in [2.45, 2.75) is 6.42 Å². The van der Waals surface area contributed by atoms with Gasteiger partial charge >= 0.3 is 0 Å². The van der Waals surface area contributed by atoms with Crippen molar-refractivity contribution in [1.29, 1.82) is 0 Å². The van der Waals surface area contributed by atoms with Crippen molar-refractivity contribution in [2.75, 3.05) is 27.2 Å². The molecule has 2 aromatic rings. The molecule has 5 nitrogen and oxygen atoms in total. The lowest BCUT2D eigenvalue weighted by Gasteiger charge is -2.16. The standard InChI is InChI=1S/C13H17N3O2/c1-14-8-13(17)16(2)6-5-10-3-4-11-12(7-10)18-9-15-11/h3-4,7,9,14H,5-6,8H2,1-2H3. The van der Waals surface area contributed by atoms with Crippen LogP contribution in [0.2, 0.25) is 0 Å². The lowest BCUT2D eigenvalue weighted by molar-refractivity contribution is -0.128. The van der Waals surface area contributed by atoms with E-state index in [2.05, 4.69) is 10.3 Å². The summed E-state index contributed by atoms with van der Waals surface area (Å²) in [6.07, 6.45) is 2.25. The number of benzene rings is 1. The maximum atomic E-state index is 11.6. The van der Waals surface area contributed by atoms with Crippen LogP contribution in [0, 0.1) is 0 Å². The molecule has 0 saturated heterocycles. The van der Waals surface area contributed by atoms with Gasteiger partial charge in [0.15, 0.2) is 12.0 Å². The fourth-order valence-electron chi connectivity index (χ4n) is 1.76. The SMILES string of the molecule is CNCC(=O)N(C)CCc1ccc2ncoc2c1. The van der Waals surface area contributed by atoms with E-state index in [1.54, 1.807) is 11.9 Å². The van der Waals surface area contributed by atoms with Crippen LogP contribution in [0.5, 0.6) is 0 Å². The zero-order valence-electron chi connectivity index (χ0n) is 10.6. The highest BCUT2D eigenvalue weighted by Crippen LogP contribution is 2.14. The molecule has 0 saturated carbocycles. The first kappa shape index (κ1) is 12.6. The third-order valence-electron chi connectivity index (χ3n) is 2.89. The molecule has 0 aliphatic rings. The van der Waals surface area contributed by atoms with Crippen molar-refractivity contribution in [3.63, 3.8) is 0 Å². The molecule has 1 heterocycles. The minimum atomic E-state index is 0.0956. The zero-order chi connectivity index (χ0) is 13.0. The predicted molar refractivity (Wildman–Crippen MR) is 69.3 cm³/mol. The van der Waals surface area contributed by atoms with Crippen LogP contribution < -0.4 is 5.32 Å². The van der Waals surface area contributed by atoms with Crippen molar-refractivity contribution in [1.82, 2.24) is 15.2 Å². The second kappa shape index (κ2) is 5.64. The fourth-order valence-corrected chi connectivity index (χ4v) is 1.76. The van der Waals surface area contributed by atoms with Crippen LogP contribution in [0.25, 0.3) is 11.1 Å². The summed E-state index contributed by atoms with van der Waals surface area (Å²) in [5.74, 6) is 0.0956. The molecule has 0 aliphatic heterocycles. The summed E-state index contributed by atoms with van der Waals surface area (Å²) < 4.78 is 5.25. The molecule has 1 aromatic heterocycles. The molecule has 2 rings (SSSR count). The summed E-state index contributed by atoms with van der Waals surface area (Å²) in [4.78, 5) is 17.4. The lowest BCUT2D eigenvalue weighted by Crippen LogP contribution is -2.35. The monoisotopic (exact) mass is 247 g/mol. The van der Waals surface area contributed by atoms with Gasteiger partial charge in [0.25, 0.3) is 0 Å². The van der Waals surface area contributed by atoms with Gasteiger partial charge in [-0.3, -0.25) is 4.79 Å². The summed E-state index contributed by atoms with van der Waals surface area (Å²) >= 11 is 0. The number of oxazole rings is 1. The summed E-state index contributed by atoms with van der Waals surface area (Å²) in [6.45, 7) is 1.07. The molecular weight excluding hydrogens is 230 g/mol. The Kier molecular flexibility index (Phi) is 3.94. The van der Waals surface area contributed by atoms with Crippen LogP contribution >= 0.6 is 0 Å². The molecule has 0 atom stereocenters.